The Morgan fingerprint density at radius 1 is 1.00 bits per heavy atom. The second-order valence-electron chi connectivity index (χ2n) is 8.25. The smallest absolute Gasteiger partial charge is 0.429 e. The molecule has 4 aromatic rings. The number of ether oxygens (including phenoxy) is 1. The molecule has 0 fully saturated rings. The lowest BCUT2D eigenvalue weighted by Crippen LogP contribution is -2.25. The van der Waals surface area contributed by atoms with Crippen molar-refractivity contribution in [2.75, 3.05) is 0 Å². The van der Waals surface area contributed by atoms with Crippen LogP contribution in [-0.4, -0.2) is 28.7 Å². The van der Waals surface area contributed by atoms with E-state index in [9.17, 15) is 18.0 Å². The summed E-state index contributed by atoms with van der Waals surface area (Å²) in [5, 5.41) is 11.8. The van der Waals surface area contributed by atoms with Crippen LogP contribution in [0.2, 0.25) is 5.02 Å². The lowest BCUT2D eigenvalue weighted by atomic mass is 10.0. The van der Waals surface area contributed by atoms with E-state index >= 15 is 0 Å². The molecular weight excluding hydrogens is 519 g/mol. The summed E-state index contributed by atoms with van der Waals surface area (Å²) in [6.07, 6.45) is -5.57. The fraction of sp³-hybridized carbons (Fsp3) is 0.143. The molecular formula is C28H21ClF3N3O3. The molecule has 0 amide bonds. The second-order valence-corrected chi connectivity index (χ2v) is 8.66. The molecule has 1 N–H and O–H groups in total. The average molecular weight is 540 g/mol. The van der Waals surface area contributed by atoms with E-state index in [1.807, 2.05) is 30.3 Å². The first-order chi connectivity index (χ1) is 18.1. The molecule has 0 saturated heterocycles. The van der Waals surface area contributed by atoms with Crippen molar-refractivity contribution in [3.05, 3.63) is 106 Å². The lowest BCUT2D eigenvalue weighted by Gasteiger charge is -2.12. The predicted molar refractivity (Wildman–Crippen MR) is 138 cm³/mol. The number of aromatic nitrogens is 1. The maximum absolute atomic E-state index is 13.1. The highest BCUT2D eigenvalue weighted by Gasteiger charge is 2.35. The monoisotopic (exact) mass is 539 g/mol. The zero-order valence-corrected chi connectivity index (χ0v) is 20.8. The van der Waals surface area contributed by atoms with Gasteiger partial charge in [0.2, 0.25) is 0 Å². The number of aryl methyl sites for hydroxylation is 1. The Labute approximate surface area is 221 Å². The highest BCUT2D eigenvalue weighted by molar-refractivity contribution is 6.33. The fourth-order valence-corrected chi connectivity index (χ4v) is 3.74. The minimum absolute atomic E-state index is 0.0204. The van der Waals surface area contributed by atoms with E-state index in [4.69, 9.17) is 26.3 Å². The maximum atomic E-state index is 13.1. The zero-order chi connectivity index (χ0) is 27.3. The van der Waals surface area contributed by atoms with Crippen molar-refractivity contribution in [3.63, 3.8) is 0 Å². The van der Waals surface area contributed by atoms with Gasteiger partial charge in [-0.1, -0.05) is 71.4 Å². The van der Waals surface area contributed by atoms with Crippen LogP contribution in [0.3, 0.4) is 0 Å². The van der Waals surface area contributed by atoms with Gasteiger partial charge in [0.25, 0.3) is 0 Å². The molecule has 0 bridgehead atoms. The van der Waals surface area contributed by atoms with E-state index in [1.54, 1.807) is 31.2 Å². The van der Waals surface area contributed by atoms with Gasteiger partial charge in [0, 0.05) is 12.0 Å². The fourth-order valence-electron chi connectivity index (χ4n) is 3.57. The molecule has 0 radical (unpaired) electrons. The van der Waals surface area contributed by atoms with Crippen molar-refractivity contribution in [1.29, 1.82) is 5.41 Å². The van der Waals surface area contributed by atoms with Crippen LogP contribution in [0.15, 0.2) is 88.4 Å². The molecule has 0 spiro atoms. The predicted octanol–water partition coefficient (Wildman–Crippen LogP) is 7.75. The van der Waals surface area contributed by atoms with Gasteiger partial charge in [0.15, 0.2) is 0 Å². The van der Waals surface area contributed by atoms with Crippen LogP contribution in [0.5, 0.6) is 0 Å². The molecule has 194 valence electrons. The number of carbonyl (C=O) groups is 1. The summed E-state index contributed by atoms with van der Waals surface area (Å²) < 4.78 is 50.1. The van der Waals surface area contributed by atoms with Crippen molar-refractivity contribution in [3.8, 4) is 11.3 Å². The van der Waals surface area contributed by atoms with Crippen molar-refractivity contribution in [2.45, 2.75) is 26.1 Å². The molecule has 0 atom stereocenters. The summed E-state index contributed by atoms with van der Waals surface area (Å²) in [7, 11) is 0. The standard InChI is InChI=1S/C28H21ClF3N3O3/c1-17-21(26(35-38-17)19-7-3-2-4-8-19)16-37-27(36)20-13-11-18(12-14-20)24(15-25(33)28(30,31)32)34-23-10-6-5-9-22(23)29/h2-14,33H,15-16H2,1H3. The topological polar surface area (TPSA) is 88.5 Å². The number of esters is 1. The minimum Gasteiger partial charge on any atom is -0.457 e. The first-order valence-electron chi connectivity index (χ1n) is 11.4. The summed E-state index contributed by atoms with van der Waals surface area (Å²) in [5.41, 5.74) is 1.29. The molecule has 3 aromatic carbocycles. The summed E-state index contributed by atoms with van der Waals surface area (Å²) in [6, 6.07) is 21.5. The van der Waals surface area contributed by atoms with E-state index in [-0.39, 0.29) is 28.6 Å². The van der Waals surface area contributed by atoms with Gasteiger partial charge < -0.3 is 14.7 Å². The average Bonchev–Trinajstić information content (AvgIpc) is 3.28. The van der Waals surface area contributed by atoms with E-state index in [2.05, 4.69) is 10.1 Å². The third-order valence-corrected chi connectivity index (χ3v) is 5.95. The second kappa shape index (κ2) is 11.4. The highest BCUT2D eigenvalue weighted by atomic mass is 35.5. The zero-order valence-electron chi connectivity index (χ0n) is 20.1. The Morgan fingerprint density at radius 3 is 2.29 bits per heavy atom. The number of nitrogens with zero attached hydrogens (tertiary/aromatic N) is 2. The number of nitrogens with one attached hydrogen (secondary N) is 1. The number of halogens is 4. The Bertz CT molecular complexity index is 1480. The quantitative estimate of drug-likeness (QED) is 0.183. The van der Waals surface area contributed by atoms with Crippen LogP contribution in [0.1, 0.15) is 33.7 Å². The molecule has 0 aliphatic rings. The van der Waals surface area contributed by atoms with Crippen molar-refractivity contribution in [2.24, 2.45) is 4.99 Å². The third kappa shape index (κ3) is 6.36. The molecule has 4 rings (SSSR count). The van der Waals surface area contributed by atoms with Crippen LogP contribution in [0.25, 0.3) is 11.3 Å². The molecule has 10 heteroatoms. The minimum atomic E-state index is -4.80. The first-order valence-corrected chi connectivity index (χ1v) is 11.8. The van der Waals surface area contributed by atoms with Crippen molar-refractivity contribution in [1.82, 2.24) is 5.16 Å². The maximum Gasteiger partial charge on any atom is 0.429 e. The molecule has 6 nitrogen and oxygen atoms in total. The number of rotatable bonds is 8. The van der Waals surface area contributed by atoms with E-state index < -0.39 is 24.3 Å². The Morgan fingerprint density at radius 2 is 1.63 bits per heavy atom. The van der Waals surface area contributed by atoms with Gasteiger partial charge in [-0.25, -0.2) is 4.79 Å². The number of hydrogen-bond acceptors (Lipinski definition) is 6. The normalized spacial score (nSPS) is 11.9. The number of para-hydroxylation sites is 1. The summed E-state index contributed by atoms with van der Waals surface area (Å²) >= 11 is 6.13. The third-order valence-electron chi connectivity index (χ3n) is 5.63. The number of aliphatic imine (C=N–C) groups is 1. The summed E-state index contributed by atoms with van der Waals surface area (Å²) in [5.74, 6) is -0.122. The molecule has 1 aromatic heterocycles. The molecule has 0 aliphatic carbocycles. The molecule has 0 aliphatic heterocycles. The largest absolute Gasteiger partial charge is 0.457 e. The number of alkyl halides is 3. The van der Waals surface area contributed by atoms with Crippen molar-refractivity contribution >= 4 is 34.7 Å². The number of carbonyl (C=O) groups excluding carboxylic acids is 1. The van der Waals surface area contributed by atoms with Crippen LogP contribution in [0, 0.1) is 12.3 Å². The van der Waals surface area contributed by atoms with Gasteiger partial charge in [-0.3, -0.25) is 4.99 Å². The van der Waals surface area contributed by atoms with Gasteiger partial charge in [-0.05, 0) is 36.8 Å². The Kier molecular flexibility index (Phi) is 8.07. The van der Waals surface area contributed by atoms with Crippen LogP contribution >= 0.6 is 11.6 Å². The first kappa shape index (κ1) is 26.8. The SMILES string of the molecule is Cc1onc(-c2ccccc2)c1COC(=O)c1ccc(C(CC(=N)C(F)(F)F)=Nc2ccccc2Cl)cc1. The van der Waals surface area contributed by atoms with E-state index in [1.165, 1.54) is 24.3 Å². The summed E-state index contributed by atoms with van der Waals surface area (Å²) in [4.78, 5) is 17.0. The van der Waals surface area contributed by atoms with Gasteiger partial charge in [-0.15, -0.1) is 0 Å². The molecule has 0 unspecified atom stereocenters. The highest BCUT2D eigenvalue weighted by Crippen LogP contribution is 2.28. The van der Waals surface area contributed by atoms with Gasteiger partial charge in [0.1, 0.15) is 23.8 Å². The molecule has 1 heterocycles. The van der Waals surface area contributed by atoms with Gasteiger partial charge in [0.05, 0.1) is 27.5 Å². The number of benzene rings is 3. The van der Waals surface area contributed by atoms with Crippen LogP contribution < -0.4 is 0 Å². The summed E-state index contributed by atoms with van der Waals surface area (Å²) in [6.45, 7) is 1.64. The molecule has 38 heavy (non-hydrogen) atoms. The van der Waals surface area contributed by atoms with Crippen LogP contribution in [0.4, 0.5) is 18.9 Å². The molecule has 0 saturated carbocycles. The number of hydrogen-bond donors (Lipinski definition) is 1. The lowest BCUT2D eigenvalue weighted by molar-refractivity contribution is -0.0605. The van der Waals surface area contributed by atoms with Gasteiger partial charge >= 0.3 is 12.1 Å². The Balaban J connectivity index is 1.54. The van der Waals surface area contributed by atoms with E-state index in [0.29, 0.717) is 22.6 Å². The van der Waals surface area contributed by atoms with E-state index in [0.717, 1.165) is 5.56 Å². The van der Waals surface area contributed by atoms with Crippen LogP contribution in [-0.2, 0) is 11.3 Å². The van der Waals surface area contributed by atoms with Crippen molar-refractivity contribution < 1.29 is 27.2 Å². The van der Waals surface area contributed by atoms with Gasteiger partial charge in [-0.2, -0.15) is 13.2 Å². The Hall–Kier alpha value is -4.24.